The van der Waals surface area contributed by atoms with Crippen LogP contribution >= 0.6 is 0 Å². The van der Waals surface area contributed by atoms with Crippen molar-refractivity contribution in [3.63, 3.8) is 0 Å². The maximum absolute atomic E-state index is 13.7. The zero-order valence-corrected chi connectivity index (χ0v) is 14.7. The highest BCUT2D eigenvalue weighted by molar-refractivity contribution is 7.92. The van der Waals surface area contributed by atoms with Crippen LogP contribution in [0.5, 0.6) is 0 Å². The number of hydrogen-bond donors (Lipinski definition) is 3. The number of hydrogen-bond acceptors (Lipinski definition) is 4. The van der Waals surface area contributed by atoms with Gasteiger partial charge < -0.3 is 10.4 Å². The molecule has 0 saturated heterocycles. The minimum atomic E-state index is -3.69. The Kier molecular flexibility index (Phi) is 5.66. The topological polar surface area (TPSA) is 113 Å². The summed E-state index contributed by atoms with van der Waals surface area (Å²) in [7, 11) is -3.69. The lowest BCUT2D eigenvalue weighted by Crippen LogP contribution is -2.44. The highest BCUT2D eigenvalue weighted by Crippen LogP contribution is 2.36. The summed E-state index contributed by atoms with van der Waals surface area (Å²) in [5, 5.41) is 12.1. The van der Waals surface area contributed by atoms with Crippen molar-refractivity contribution in [2.75, 3.05) is 17.5 Å². The first kappa shape index (κ1) is 19.2. The molecule has 138 valence electrons. The molecular formula is C16H21FN2O5S. The summed E-state index contributed by atoms with van der Waals surface area (Å²) in [6.07, 6.45) is 4.42. The molecule has 1 aromatic rings. The van der Waals surface area contributed by atoms with Crippen LogP contribution in [-0.4, -0.2) is 38.2 Å². The fraction of sp³-hybridized carbons (Fsp3) is 0.500. The van der Waals surface area contributed by atoms with Crippen molar-refractivity contribution < 1.29 is 27.5 Å². The van der Waals surface area contributed by atoms with E-state index in [0.717, 1.165) is 37.7 Å². The Morgan fingerprint density at radius 1 is 1.24 bits per heavy atom. The van der Waals surface area contributed by atoms with Crippen molar-refractivity contribution in [2.24, 2.45) is 5.41 Å². The first-order chi connectivity index (χ1) is 11.6. The van der Waals surface area contributed by atoms with Crippen LogP contribution in [0.3, 0.4) is 0 Å². The minimum Gasteiger partial charge on any atom is -0.481 e. The second kappa shape index (κ2) is 7.38. The van der Waals surface area contributed by atoms with Gasteiger partial charge >= 0.3 is 5.97 Å². The van der Waals surface area contributed by atoms with E-state index in [1.54, 1.807) is 0 Å². The van der Waals surface area contributed by atoms with Crippen molar-refractivity contribution >= 4 is 27.6 Å². The number of benzene rings is 1. The zero-order chi connectivity index (χ0) is 18.7. The summed E-state index contributed by atoms with van der Waals surface area (Å²) in [4.78, 5) is 23.9. The van der Waals surface area contributed by atoms with E-state index in [2.05, 4.69) is 5.32 Å². The average molecular weight is 372 g/mol. The van der Waals surface area contributed by atoms with Crippen molar-refractivity contribution in [1.29, 1.82) is 0 Å². The van der Waals surface area contributed by atoms with Gasteiger partial charge in [0.1, 0.15) is 5.82 Å². The van der Waals surface area contributed by atoms with Crippen molar-refractivity contribution in [1.82, 2.24) is 5.32 Å². The number of carbonyl (C=O) groups excluding carboxylic acids is 1. The predicted octanol–water partition coefficient (Wildman–Crippen LogP) is 1.96. The molecule has 3 N–H and O–H groups in total. The molecule has 0 heterocycles. The van der Waals surface area contributed by atoms with Crippen LogP contribution in [0.1, 0.15) is 42.5 Å². The van der Waals surface area contributed by atoms with Gasteiger partial charge in [0, 0.05) is 12.1 Å². The van der Waals surface area contributed by atoms with E-state index in [9.17, 15) is 27.5 Å². The van der Waals surface area contributed by atoms with Crippen molar-refractivity contribution in [3.8, 4) is 0 Å². The van der Waals surface area contributed by atoms with Crippen LogP contribution in [0.15, 0.2) is 18.2 Å². The van der Waals surface area contributed by atoms with Crippen LogP contribution in [0.25, 0.3) is 0 Å². The lowest BCUT2D eigenvalue weighted by Gasteiger charge is -2.33. The zero-order valence-electron chi connectivity index (χ0n) is 13.8. The third kappa shape index (κ3) is 4.91. The fourth-order valence-electron chi connectivity index (χ4n) is 2.99. The Balaban J connectivity index is 2.12. The molecule has 1 amide bonds. The molecule has 0 atom stereocenters. The predicted molar refractivity (Wildman–Crippen MR) is 90.4 cm³/mol. The van der Waals surface area contributed by atoms with E-state index in [1.807, 2.05) is 4.72 Å². The van der Waals surface area contributed by atoms with Crippen LogP contribution in [-0.2, 0) is 14.8 Å². The third-order valence-electron chi connectivity index (χ3n) is 4.38. The molecule has 1 aliphatic carbocycles. The smallest absolute Gasteiger partial charge is 0.311 e. The quantitative estimate of drug-likeness (QED) is 0.707. The summed E-state index contributed by atoms with van der Waals surface area (Å²) in [5.74, 6) is -2.33. The normalized spacial score (nSPS) is 16.9. The molecule has 0 aliphatic heterocycles. The molecule has 0 unspecified atom stereocenters. The molecule has 2 rings (SSSR count). The Morgan fingerprint density at radius 2 is 1.88 bits per heavy atom. The van der Waals surface area contributed by atoms with Gasteiger partial charge in [0.15, 0.2) is 0 Å². The molecule has 0 aromatic heterocycles. The minimum absolute atomic E-state index is 0.0205. The van der Waals surface area contributed by atoms with E-state index in [1.165, 1.54) is 6.07 Å². The standard InChI is InChI=1S/C16H21FN2O5S/c1-25(23,24)19-13-9-11(5-6-12(13)17)14(20)18-10-16(15(21)22)7-3-2-4-8-16/h5-6,9,19H,2-4,7-8,10H2,1H3,(H,18,20)(H,21,22). The summed E-state index contributed by atoms with van der Waals surface area (Å²) >= 11 is 0. The SMILES string of the molecule is CS(=O)(=O)Nc1cc(C(=O)NCC2(C(=O)O)CCCCC2)ccc1F. The first-order valence-electron chi connectivity index (χ1n) is 7.92. The Labute approximate surface area is 145 Å². The van der Waals surface area contributed by atoms with Gasteiger partial charge in [-0.1, -0.05) is 19.3 Å². The number of aliphatic carboxylic acids is 1. The number of nitrogens with one attached hydrogen (secondary N) is 2. The summed E-state index contributed by atoms with van der Waals surface area (Å²) in [5.41, 5.74) is -1.27. The van der Waals surface area contributed by atoms with E-state index in [0.29, 0.717) is 12.8 Å². The molecule has 1 aliphatic rings. The maximum Gasteiger partial charge on any atom is 0.311 e. The summed E-state index contributed by atoms with van der Waals surface area (Å²) in [6, 6.07) is 3.28. The lowest BCUT2D eigenvalue weighted by molar-refractivity contribution is -0.150. The second-order valence-electron chi connectivity index (χ2n) is 6.40. The van der Waals surface area contributed by atoms with Crippen molar-refractivity contribution in [2.45, 2.75) is 32.1 Å². The van der Waals surface area contributed by atoms with Crippen molar-refractivity contribution in [3.05, 3.63) is 29.6 Å². The Morgan fingerprint density at radius 3 is 2.44 bits per heavy atom. The van der Waals surface area contributed by atoms with E-state index in [-0.39, 0.29) is 17.8 Å². The maximum atomic E-state index is 13.7. The van der Waals surface area contributed by atoms with Gasteiger partial charge in [-0.2, -0.15) is 0 Å². The number of carboxylic acid groups (broad SMARTS) is 1. The summed E-state index contributed by atoms with van der Waals surface area (Å²) in [6.45, 7) is -0.0205. The van der Waals surface area contributed by atoms with Crippen LogP contribution in [0.4, 0.5) is 10.1 Å². The van der Waals surface area contributed by atoms with Gasteiger partial charge in [-0.15, -0.1) is 0 Å². The number of rotatable bonds is 6. The van der Waals surface area contributed by atoms with E-state index < -0.39 is 33.1 Å². The first-order valence-corrected chi connectivity index (χ1v) is 9.81. The number of amides is 1. The van der Waals surface area contributed by atoms with E-state index >= 15 is 0 Å². The molecular weight excluding hydrogens is 351 g/mol. The molecule has 9 heteroatoms. The van der Waals surface area contributed by atoms with Crippen LogP contribution in [0.2, 0.25) is 0 Å². The number of carboxylic acids is 1. The molecule has 0 spiro atoms. The highest BCUT2D eigenvalue weighted by atomic mass is 32.2. The Bertz CT molecular complexity index is 773. The molecule has 25 heavy (non-hydrogen) atoms. The van der Waals surface area contributed by atoms with Gasteiger partial charge in [-0.25, -0.2) is 12.8 Å². The highest BCUT2D eigenvalue weighted by Gasteiger charge is 2.39. The average Bonchev–Trinajstić information content (AvgIpc) is 2.54. The number of anilines is 1. The number of sulfonamides is 1. The second-order valence-corrected chi connectivity index (χ2v) is 8.15. The Hall–Kier alpha value is -2.16. The summed E-state index contributed by atoms with van der Waals surface area (Å²) < 4.78 is 38.1. The number of halogens is 1. The number of carbonyl (C=O) groups is 2. The fourth-order valence-corrected chi connectivity index (χ4v) is 3.55. The van der Waals surface area contributed by atoms with Gasteiger partial charge in [0.2, 0.25) is 10.0 Å². The van der Waals surface area contributed by atoms with Gasteiger partial charge in [0.25, 0.3) is 5.91 Å². The molecule has 0 bridgehead atoms. The van der Waals surface area contributed by atoms with Gasteiger partial charge in [-0.3, -0.25) is 14.3 Å². The molecule has 1 aromatic carbocycles. The largest absolute Gasteiger partial charge is 0.481 e. The molecule has 1 saturated carbocycles. The van der Waals surface area contributed by atoms with Crippen LogP contribution < -0.4 is 10.0 Å². The monoisotopic (exact) mass is 372 g/mol. The third-order valence-corrected chi connectivity index (χ3v) is 4.97. The lowest BCUT2D eigenvalue weighted by atomic mass is 9.74. The molecule has 0 radical (unpaired) electrons. The van der Waals surface area contributed by atoms with Crippen LogP contribution in [0, 0.1) is 11.2 Å². The molecule has 1 fully saturated rings. The molecule has 7 nitrogen and oxygen atoms in total. The van der Waals surface area contributed by atoms with Gasteiger partial charge in [-0.05, 0) is 31.0 Å². The van der Waals surface area contributed by atoms with E-state index in [4.69, 9.17) is 0 Å². The van der Waals surface area contributed by atoms with Gasteiger partial charge in [0.05, 0.1) is 17.4 Å².